The van der Waals surface area contributed by atoms with Gasteiger partial charge in [0.1, 0.15) is 6.04 Å². The molecule has 194 valence electrons. The van der Waals surface area contributed by atoms with Crippen LogP contribution in [0, 0.1) is 0 Å². The largest absolute Gasteiger partial charge is 0.378 e. The molecule has 0 spiro atoms. The molecule has 2 aromatic rings. The first-order valence-corrected chi connectivity index (χ1v) is 14.4. The van der Waals surface area contributed by atoms with Crippen molar-refractivity contribution >= 4 is 33.0 Å². The number of piperidine rings is 1. The normalized spacial score (nSPS) is 21.8. The smallest absolute Gasteiger partial charge is 0.249 e. The number of hydrogen-bond donors (Lipinski definition) is 1. The Labute approximate surface area is 214 Å². The molecule has 9 heteroatoms. The van der Waals surface area contributed by atoms with E-state index in [2.05, 4.69) is 23.2 Å². The molecule has 36 heavy (non-hydrogen) atoms. The first-order valence-electron chi connectivity index (χ1n) is 13.0. The van der Waals surface area contributed by atoms with E-state index in [0.717, 1.165) is 37.1 Å². The number of benzene rings is 2. The van der Waals surface area contributed by atoms with Gasteiger partial charge in [-0.05, 0) is 62.9 Å². The van der Waals surface area contributed by atoms with Crippen molar-refractivity contribution in [2.75, 3.05) is 54.5 Å². The summed E-state index contributed by atoms with van der Waals surface area (Å²) in [5, 5.41) is 3.39. The minimum absolute atomic E-state index is 0.0235. The van der Waals surface area contributed by atoms with Gasteiger partial charge < -0.3 is 19.9 Å². The van der Waals surface area contributed by atoms with Crippen LogP contribution in [0.5, 0.6) is 0 Å². The van der Waals surface area contributed by atoms with Gasteiger partial charge in [-0.2, -0.15) is 4.31 Å². The topological polar surface area (TPSA) is 82.2 Å². The molecule has 0 saturated carbocycles. The van der Waals surface area contributed by atoms with E-state index in [1.807, 2.05) is 36.1 Å². The van der Waals surface area contributed by atoms with Gasteiger partial charge in [-0.25, -0.2) is 8.42 Å². The molecule has 3 heterocycles. The second-order valence-electron chi connectivity index (χ2n) is 10.00. The number of amides is 1. The summed E-state index contributed by atoms with van der Waals surface area (Å²) in [6.45, 7) is 7.68. The van der Waals surface area contributed by atoms with Crippen LogP contribution in [-0.4, -0.2) is 70.1 Å². The predicted octanol–water partition coefficient (Wildman–Crippen LogP) is 3.48. The van der Waals surface area contributed by atoms with Crippen molar-refractivity contribution in [3.8, 4) is 0 Å². The first kappa shape index (κ1) is 25.0. The van der Waals surface area contributed by atoms with Crippen LogP contribution in [0.1, 0.15) is 38.7 Å². The zero-order valence-corrected chi connectivity index (χ0v) is 22.0. The lowest BCUT2D eigenvalue weighted by atomic mass is 10.1. The Balaban J connectivity index is 1.45. The van der Waals surface area contributed by atoms with E-state index < -0.39 is 16.1 Å². The van der Waals surface area contributed by atoms with E-state index in [1.165, 1.54) is 5.56 Å². The molecular formula is C27H36N4O4S. The van der Waals surface area contributed by atoms with Gasteiger partial charge in [-0.15, -0.1) is 0 Å². The lowest BCUT2D eigenvalue weighted by Gasteiger charge is -2.33. The van der Waals surface area contributed by atoms with Crippen molar-refractivity contribution in [1.82, 2.24) is 4.31 Å². The molecule has 2 fully saturated rings. The maximum absolute atomic E-state index is 13.6. The highest BCUT2D eigenvalue weighted by atomic mass is 32.2. The van der Waals surface area contributed by atoms with Gasteiger partial charge in [0.05, 0.1) is 29.5 Å². The molecule has 0 aromatic heterocycles. The number of carbonyl (C=O) groups is 1. The predicted molar refractivity (Wildman–Crippen MR) is 142 cm³/mol. The summed E-state index contributed by atoms with van der Waals surface area (Å²) < 4.78 is 34.0. The Bertz CT molecular complexity index is 1210. The van der Waals surface area contributed by atoms with Crippen LogP contribution in [0.15, 0.2) is 47.4 Å². The van der Waals surface area contributed by atoms with Gasteiger partial charge in [-0.3, -0.25) is 4.79 Å². The first-order chi connectivity index (χ1) is 17.4. The van der Waals surface area contributed by atoms with E-state index >= 15 is 0 Å². The van der Waals surface area contributed by atoms with Crippen LogP contribution >= 0.6 is 0 Å². The van der Waals surface area contributed by atoms with Crippen molar-refractivity contribution in [3.63, 3.8) is 0 Å². The van der Waals surface area contributed by atoms with E-state index in [1.54, 1.807) is 16.4 Å². The van der Waals surface area contributed by atoms with Crippen LogP contribution in [0.25, 0.3) is 0 Å². The Morgan fingerprint density at radius 2 is 1.72 bits per heavy atom. The highest BCUT2D eigenvalue weighted by Crippen LogP contribution is 2.35. The number of morpholine rings is 1. The van der Waals surface area contributed by atoms with Crippen LogP contribution in [-0.2, 0) is 26.0 Å². The van der Waals surface area contributed by atoms with Gasteiger partial charge >= 0.3 is 0 Å². The van der Waals surface area contributed by atoms with Gasteiger partial charge in [0.15, 0.2) is 0 Å². The highest BCUT2D eigenvalue weighted by Gasteiger charge is 2.34. The molecule has 3 aliphatic heterocycles. The van der Waals surface area contributed by atoms with Crippen LogP contribution in [0.3, 0.4) is 0 Å². The number of carbonyl (C=O) groups excluding carboxylic acids is 1. The maximum Gasteiger partial charge on any atom is 0.249 e. The fourth-order valence-electron chi connectivity index (χ4n) is 5.53. The number of hydrogen-bond acceptors (Lipinski definition) is 6. The molecule has 0 radical (unpaired) electrons. The second kappa shape index (κ2) is 10.4. The van der Waals surface area contributed by atoms with Gasteiger partial charge in [0.25, 0.3) is 0 Å². The van der Waals surface area contributed by atoms with Gasteiger partial charge in [0, 0.05) is 37.9 Å². The Morgan fingerprint density at radius 1 is 1.00 bits per heavy atom. The van der Waals surface area contributed by atoms with Crippen LogP contribution in [0.2, 0.25) is 0 Å². The molecule has 2 saturated heterocycles. The third kappa shape index (κ3) is 4.84. The lowest BCUT2D eigenvalue weighted by molar-refractivity contribution is -0.119. The fourth-order valence-corrected chi connectivity index (χ4v) is 7.07. The molecular weight excluding hydrogens is 476 g/mol. The third-order valence-electron chi connectivity index (χ3n) is 7.46. The molecule has 0 aliphatic carbocycles. The molecule has 2 aromatic carbocycles. The molecule has 1 N–H and O–H groups in total. The quantitative estimate of drug-likeness (QED) is 0.638. The summed E-state index contributed by atoms with van der Waals surface area (Å²) in [6.07, 6.45) is 3.66. The summed E-state index contributed by atoms with van der Waals surface area (Å²) in [6, 6.07) is 12.8. The Kier molecular flexibility index (Phi) is 7.23. The number of anilines is 3. The SMILES string of the molecule is C[C@@H](Nc1cc(S(=O)(=O)N2CCCCC2)ccc1N1CCOCC1)C(=O)N1c2ccccc2C[C@@H]1C. The van der Waals surface area contributed by atoms with Crippen molar-refractivity contribution in [1.29, 1.82) is 0 Å². The number of sulfonamides is 1. The minimum Gasteiger partial charge on any atom is -0.378 e. The summed E-state index contributed by atoms with van der Waals surface area (Å²) in [7, 11) is -3.60. The Morgan fingerprint density at radius 3 is 2.47 bits per heavy atom. The van der Waals surface area contributed by atoms with Crippen molar-refractivity contribution < 1.29 is 17.9 Å². The monoisotopic (exact) mass is 512 g/mol. The van der Waals surface area contributed by atoms with Crippen molar-refractivity contribution in [3.05, 3.63) is 48.0 Å². The van der Waals surface area contributed by atoms with Crippen molar-refractivity contribution in [2.24, 2.45) is 0 Å². The standard InChI is InChI=1S/C27H36N4O4S/c1-20-18-22-8-4-5-9-25(22)31(20)27(32)21(2)28-24-19-23(36(33,34)30-12-6-3-7-13-30)10-11-26(24)29-14-16-35-17-15-29/h4-5,8-11,19-21,28H,3,6-7,12-18H2,1-2H3/t20-,21+/m0/s1. The van der Waals surface area contributed by atoms with Crippen LogP contribution in [0.4, 0.5) is 17.1 Å². The number of para-hydroxylation sites is 1. The van der Waals surface area contributed by atoms with E-state index in [9.17, 15) is 13.2 Å². The summed E-state index contributed by atoms with van der Waals surface area (Å²) in [4.78, 5) is 18.0. The molecule has 1 amide bonds. The lowest BCUT2D eigenvalue weighted by Crippen LogP contribution is -2.45. The summed E-state index contributed by atoms with van der Waals surface area (Å²) in [5.41, 5.74) is 3.69. The molecule has 2 atom stereocenters. The molecule has 3 aliphatic rings. The molecule has 0 unspecified atom stereocenters. The fraction of sp³-hybridized carbons (Fsp3) is 0.519. The molecule has 8 nitrogen and oxygen atoms in total. The third-order valence-corrected chi connectivity index (χ3v) is 9.35. The average Bonchev–Trinajstić information content (AvgIpc) is 3.24. The number of ether oxygens (including phenoxy) is 1. The minimum atomic E-state index is -3.60. The van der Waals surface area contributed by atoms with E-state index in [4.69, 9.17) is 4.74 Å². The summed E-state index contributed by atoms with van der Waals surface area (Å²) >= 11 is 0. The number of fused-ring (bicyclic) bond motifs is 1. The molecule has 5 rings (SSSR count). The molecule has 0 bridgehead atoms. The van der Waals surface area contributed by atoms with Gasteiger partial charge in [0.2, 0.25) is 15.9 Å². The average molecular weight is 513 g/mol. The maximum atomic E-state index is 13.6. The summed E-state index contributed by atoms with van der Waals surface area (Å²) in [5.74, 6) is -0.0235. The van der Waals surface area contributed by atoms with E-state index in [0.29, 0.717) is 45.1 Å². The number of nitrogens with one attached hydrogen (secondary N) is 1. The van der Waals surface area contributed by atoms with E-state index in [-0.39, 0.29) is 16.8 Å². The number of nitrogens with zero attached hydrogens (tertiary/aromatic N) is 3. The van der Waals surface area contributed by atoms with Crippen molar-refractivity contribution in [2.45, 2.75) is 56.5 Å². The second-order valence-corrected chi connectivity index (χ2v) is 11.9. The number of rotatable bonds is 6. The van der Waals surface area contributed by atoms with Crippen LogP contribution < -0.4 is 15.1 Å². The highest BCUT2D eigenvalue weighted by molar-refractivity contribution is 7.89. The zero-order chi connectivity index (χ0) is 25.3. The van der Waals surface area contributed by atoms with Gasteiger partial charge in [-0.1, -0.05) is 24.6 Å². The Hall–Kier alpha value is -2.62. The zero-order valence-electron chi connectivity index (χ0n) is 21.2.